The predicted octanol–water partition coefficient (Wildman–Crippen LogP) is 0.772. The summed E-state index contributed by atoms with van der Waals surface area (Å²) in [6.45, 7) is 2.03. The Balaban J connectivity index is 2.08. The number of hydrogen-bond donors (Lipinski definition) is 1. The quantitative estimate of drug-likeness (QED) is 0.771. The Labute approximate surface area is 88.8 Å². The molecular weight excluding hydrogens is 190 g/mol. The molecule has 0 spiro atoms. The number of hydrogen-bond acceptors (Lipinski definition) is 4. The molecule has 1 fully saturated rings. The highest BCUT2D eigenvalue weighted by molar-refractivity contribution is 5.42. The monoisotopic (exact) mass is 203 g/mol. The maximum atomic E-state index is 9.02. The van der Waals surface area contributed by atoms with E-state index in [1.807, 2.05) is 12.1 Å². The van der Waals surface area contributed by atoms with Crippen molar-refractivity contribution >= 4 is 5.82 Å². The van der Waals surface area contributed by atoms with Gasteiger partial charge in [0, 0.05) is 31.8 Å². The first kappa shape index (κ1) is 9.94. The van der Waals surface area contributed by atoms with E-state index in [0.29, 0.717) is 11.5 Å². The fraction of sp³-hybridized carbons (Fsp3) is 0.455. The van der Waals surface area contributed by atoms with Gasteiger partial charge < -0.3 is 10.0 Å². The lowest BCUT2D eigenvalue weighted by atomic mass is 10.1. The fourth-order valence-electron chi connectivity index (χ4n) is 1.83. The normalized spacial score (nSPS) is 20.3. The van der Waals surface area contributed by atoms with Gasteiger partial charge in [0.2, 0.25) is 0 Å². The van der Waals surface area contributed by atoms with Crippen LogP contribution < -0.4 is 4.90 Å². The molecule has 0 bridgehead atoms. The van der Waals surface area contributed by atoms with Gasteiger partial charge in [0.05, 0.1) is 5.56 Å². The molecule has 2 heterocycles. The second-order valence-electron chi connectivity index (χ2n) is 3.80. The van der Waals surface area contributed by atoms with Crippen LogP contribution in [0, 0.1) is 17.2 Å². The third kappa shape index (κ3) is 2.08. The second-order valence-corrected chi connectivity index (χ2v) is 3.80. The van der Waals surface area contributed by atoms with Gasteiger partial charge in [-0.05, 0) is 18.6 Å². The zero-order valence-corrected chi connectivity index (χ0v) is 8.43. The molecule has 2 rings (SSSR count). The number of aliphatic hydroxyl groups excluding tert-OH is 1. The Morgan fingerprint density at radius 3 is 3.00 bits per heavy atom. The molecule has 1 saturated heterocycles. The third-order valence-electron chi connectivity index (χ3n) is 2.75. The first-order chi connectivity index (χ1) is 7.33. The molecule has 0 saturated carbocycles. The summed E-state index contributed by atoms with van der Waals surface area (Å²) >= 11 is 0. The van der Waals surface area contributed by atoms with Gasteiger partial charge >= 0.3 is 0 Å². The second kappa shape index (κ2) is 4.28. The van der Waals surface area contributed by atoms with Crippen molar-refractivity contribution in [3.05, 3.63) is 23.9 Å². The predicted molar refractivity (Wildman–Crippen MR) is 56.4 cm³/mol. The standard InChI is InChI=1S/C11H13N3O/c12-5-9-1-2-11(13-6-9)14-4-3-10(7-14)8-15/h1-2,6,10,15H,3-4,7-8H2/t10-/m0/s1. The maximum absolute atomic E-state index is 9.02. The number of aromatic nitrogens is 1. The van der Waals surface area contributed by atoms with E-state index in [-0.39, 0.29) is 6.61 Å². The molecular formula is C11H13N3O. The van der Waals surface area contributed by atoms with E-state index < -0.39 is 0 Å². The van der Waals surface area contributed by atoms with Crippen LogP contribution in [0.3, 0.4) is 0 Å². The van der Waals surface area contributed by atoms with E-state index in [2.05, 4.69) is 9.88 Å². The molecule has 1 atom stereocenters. The number of anilines is 1. The van der Waals surface area contributed by atoms with Crippen molar-refractivity contribution in [1.29, 1.82) is 5.26 Å². The lowest BCUT2D eigenvalue weighted by Gasteiger charge is -2.16. The zero-order valence-electron chi connectivity index (χ0n) is 8.43. The highest BCUT2D eigenvalue weighted by atomic mass is 16.3. The minimum atomic E-state index is 0.243. The third-order valence-corrected chi connectivity index (χ3v) is 2.75. The number of nitrogens with zero attached hydrogens (tertiary/aromatic N) is 3. The van der Waals surface area contributed by atoms with Crippen LogP contribution in [0.5, 0.6) is 0 Å². The largest absolute Gasteiger partial charge is 0.396 e. The summed E-state index contributed by atoms with van der Waals surface area (Å²) in [5, 5.41) is 17.7. The van der Waals surface area contributed by atoms with Crippen molar-refractivity contribution in [1.82, 2.24) is 4.98 Å². The Hall–Kier alpha value is -1.60. The number of nitriles is 1. The van der Waals surface area contributed by atoms with E-state index in [1.54, 1.807) is 12.3 Å². The van der Waals surface area contributed by atoms with Gasteiger partial charge in [0.15, 0.2) is 0 Å². The van der Waals surface area contributed by atoms with Gasteiger partial charge in [-0.15, -0.1) is 0 Å². The molecule has 1 aliphatic rings. The number of rotatable bonds is 2. The SMILES string of the molecule is N#Cc1ccc(N2CC[C@H](CO)C2)nc1. The number of pyridine rings is 1. The van der Waals surface area contributed by atoms with Gasteiger partial charge in [-0.3, -0.25) is 0 Å². The summed E-state index contributed by atoms with van der Waals surface area (Å²) in [5.74, 6) is 1.26. The van der Waals surface area contributed by atoms with Gasteiger partial charge in [-0.25, -0.2) is 4.98 Å². The van der Waals surface area contributed by atoms with Crippen LogP contribution in [0.25, 0.3) is 0 Å². The van der Waals surface area contributed by atoms with Crippen molar-refractivity contribution in [2.45, 2.75) is 6.42 Å². The average Bonchev–Trinajstić information content (AvgIpc) is 2.78. The minimum absolute atomic E-state index is 0.243. The minimum Gasteiger partial charge on any atom is -0.396 e. The molecule has 1 aromatic rings. The highest BCUT2D eigenvalue weighted by Gasteiger charge is 2.22. The number of aliphatic hydroxyl groups is 1. The summed E-state index contributed by atoms with van der Waals surface area (Å²) in [6, 6.07) is 5.68. The topological polar surface area (TPSA) is 60.2 Å². The smallest absolute Gasteiger partial charge is 0.128 e. The van der Waals surface area contributed by atoms with Crippen molar-refractivity contribution in [3.63, 3.8) is 0 Å². The van der Waals surface area contributed by atoms with Gasteiger partial charge in [-0.1, -0.05) is 0 Å². The summed E-state index contributed by atoms with van der Waals surface area (Å²) in [7, 11) is 0. The molecule has 1 aliphatic heterocycles. The zero-order chi connectivity index (χ0) is 10.7. The van der Waals surface area contributed by atoms with Crippen molar-refractivity contribution in [2.24, 2.45) is 5.92 Å². The summed E-state index contributed by atoms with van der Waals surface area (Å²) in [5.41, 5.74) is 0.580. The Bertz CT molecular complexity index is 368. The molecule has 4 nitrogen and oxygen atoms in total. The van der Waals surface area contributed by atoms with E-state index >= 15 is 0 Å². The van der Waals surface area contributed by atoms with E-state index in [0.717, 1.165) is 25.3 Å². The maximum Gasteiger partial charge on any atom is 0.128 e. The van der Waals surface area contributed by atoms with Crippen LogP contribution in [0.2, 0.25) is 0 Å². The molecule has 1 N–H and O–H groups in total. The van der Waals surface area contributed by atoms with Crippen LogP contribution >= 0.6 is 0 Å². The summed E-state index contributed by atoms with van der Waals surface area (Å²) < 4.78 is 0. The lowest BCUT2D eigenvalue weighted by molar-refractivity contribution is 0.238. The van der Waals surface area contributed by atoms with Crippen molar-refractivity contribution in [3.8, 4) is 6.07 Å². The van der Waals surface area contributed by atoms with Crippen LogP contribution in [0.15, 0.2) is 18.3 Å². The molecule has 0 amide bonds. The van der Waals surface area contributed by atoms with Crippen LogP contribution in [-0.2, 0) is 0 Å². The van der Waals surface area contributed by atoms with Crippen molar-refractivity contribution in [2.75, 3.05) is 24.6 Å². The molecule has 0 radical (unpaired) electrons. The van der Waals surface area contributed by atoms with Crippen LogP contribution in [0.1, 0.15) is 12.0 Å². The highest BCUT2D eigenvalue weighted by Crippen LogP contribution is 2.21. The van der Waals surface area contributed by atoms with Gasteiger partial charge in [0.1, 0.15) is 11.9 Å². The lowest BCUT2D eigenvalue weighted by Crippen LogP contribution is -2.21. The molecule has 0 aromatic carbocycles. The fourth-order valence-corrected chi connectivity index (χ4v) is 1.83. The Morgan fingerprint density at radius 1 is 1.60 bits per heavy atom. The molecule has 78 valence electrons. The van der Waals surface area contributed by atoms with E-state index in [9.17, 15) is 0 Å². The van der Waals surface area contributed by atoms with Gasteiger partial charge in [-0.2, -0.15) is 5.26 Å². The molecule has 0 aliphatic carbocycles. The molecule has 1 aromatic heterocycles. The first-order valence-electron chi connectivity index (χ1n) is 5.05. The van der Waals surface area contributed by atoms with E-state index in [4.69, 9.17) is 10.4 Å². The van der Waals surface area contributed by atoms with Gasteiger partial charge in [0.25, 0.3) is 0 Å². The molecule has 4 heteroatoms. The summed E-state index contributed by atoms with van der Waals surface area (Å²) in [4.78, 5) is 6.36. The van der Waals surface area contributed by atoms with Crippen LogP contribution in [0.4, 0.5) is 5.82 Å². The average molecular weight is 203 g/mol. The Morgan fingerprint density at radius 2 is 2.47 bits per heavy atom. The first-order valence-corrected chi connectivity index (χ1v) is 5.05. The van der Waals surface area contributed by atoms with E-state index in [1.165, 1.54) is 0 Å². The Kier molecular flexibility index (Phi) is 2.84. The molecule has 0 unspecified atom stereocenters. The summed E-state index contributed by atoms with van der Waals surface area (Å²) in [6.07, 6.45) is 2.60. The van der Waals surface area contributed by atoms with Crippen molar-refractivity contribution < 1.29 is 5.11 Å². The van der Waals surface area contributed by atoms with Crippen LogP contribution in [-0.4, -0.2) is 29.8 Å². The molecule has 15 heavy (non-hydrogen) atoms.